The molecule has 0 atom stereocenters. The zero-order valence-electron chi connectivity index (χ0n) is 18.7. The first-order valence-corrected chi connectivity index (χ1v) is 11.7. The molecule has 5 aromatic rings. The topological polar surface area (TPSA) is 65.2 Å². The quantitative estimate of drug-likeness (QED) is 0.278. The molecule has 2 aromatic carbocycles. The lowest BCUT2D eigenvalue weighted by atomic mass is 9.92. The average molecular weight is 468 g/mol. The van der Waals surface area contributed by atoms with Gasteiger partial charge in [-0.2, -0.15) is 9.61 Å². The van der Waals surface area contributed by atoms with Gasteiger partial charge in [0.2, 0.25) is 5.88 Å². The van der Waals surface area contributed by atoms with Crippen LogP contribution in [0.3, 0.4) is 0 Å². The number of ether oxygens (including phenoxy) is 1. The molecule has 3 aromatic heterocycles. The summed E-state index contributed by atoms with van der Waals surface area (Å²) in [5.74, 6) is 0.540. The Morgan fingerprint density at radius 2 is 1.74 bits per heavy atom. The predicted octanol–water partition coefficient (Wildman–Crippen LogP) is 6.63. The molecule has 1 aliphatic carbocycles. The van der Waals surface area contributed by atoms with Crippen molar-refractivity contribution >= 4 is 33.9 Å². The number of benzene rings is 2. The highest BCUT2D eigenvalue weighted by atomic mass is 35.5. The van der Waals surface area contributed by atoms with Crippen LogP contribution >= 0.6 is 11.6 Å². The summed E-state index contributed by atoms with van der Waals surface area (Å²) in [7, 11) is 1.64. The first kappa shape index (κ1) is 20.8. The van der Waals surface area contributed by atoms with E-state index in [0.717, 1.165) is 52.7 Å². The summed E-state index contributed by atoms with van der Waals surface area (Å²) in [6, 6.07) is 16.0. The lowest BCUT2D eigenvalue weighted by Crippen LogP contribution is -2.02. The summed E-state index contributed by atoms with van der Waals surface area (Å²) in [6.45, 7) is 0. The molecule has 6 rings (SSSR count). The van der Waals surface area contributed by atoms with Crippen molar-refractivity contribution in [3.05, 3.63) is 77.7 Å². The lowest BCUT2D eigenvalue weighted by Gasteiger charge is -2.15. The maximum atomic E-state index is 6.85. The van der Waals surface area contributed by atoms with Gasteiger partial charge in [0.25, 0.3) is 0 Å². The molecule has 0 amide bonds. The highest BCUT2D eigenvalue weighted by Gasteiger charge is 2.26. The van der Waals surface area contributed by atoms with E-state index in [4.69, 9.17) is 26.4 Å². The molecule has 0 radical (unpaired) electrons. The molecule has 7 heteroatoms. The maximum absolute atomic E-state index is 6.85. The molecule has 0 unspecified atom stereocenters. The van der Waals surface area contributed by atoms with E-state index in [9.17, 15) is 0 Å². The number of hydrogen-bond acceptors (Lipinski definition) is 5. The van der Waals surface area contributed by atoms with Gasteiger partial charge in [-0.3, -0.25) is 9.97 Å². The van der Waals surface area contributed by atoms with Gasteiger partial charge in [0.15, 0.2) is 5.65 Å². The van der Waals surface area contributed by atoms with Gasteiger partial charge in [-0.1, -0.05) is 54.1 Å². The summed E-state index contributed by atoms with van der Waals surface area (Å²) < 4.78 is 7.70. The smallest absolute Gasteiger partial charge is 0.227 e. The van der Waals surface area contributed by atoms with E-state index in [1.54, 1.807) is 24.0 Å². The van der Waals surface area contributed by atoms with Crippen LogP contribution in [0.2, 0.25) is 5.15 Å². The van der Waals surface area contributed by atoms with Crippen LogP contribution < -0.4 is 4.74 Å². The Kier molecular flexibility index (Phi) is 5.23. The maximum Gasteiger partial charge on any atom is 0.227 e. The molecule has 0 spiro atoms. The molecular weight excluding hydrogens is 446 g/mol. The van der Waals surface area contributed by atoms with Gasteiger partial charge >= 0.3 is 0 Å². The summed E-state index contributed by atoms with van der Waals surface area (Å²) in [4.78, 5) is 13.7. The number of rotatable bonds is 4. The standard InChI is InChI=1S/C27H22ClN5O/c1-34-27-23(19-12-13-20-21(16-19)30-15-14-29-20)25(28)31-26-22(17-8-4-2-5-9-17)24(32-33(26)27)18-10-6-3-7-11-18/h3,6-8,10-16H,2,4-5,9H2,1H3. The van der Waals surface area contributed by atoms with Crippen LogP contribution in [0.25, 0.3) is 44.6 Å². The highest BCUT2D eigenvalue weighted by molar-refractivity contribution is 6.32. The molecule has 0 saturated heterocycles. The van der Waals surface area contributed by atoms with E-state index in [2.05, 4.69) is 28.2 Å². The Morgan fingerprint density at radius 3 is 2.50 bits per heavy atom. The molecule has 3 heterocycles. The third-order valence-corrected chi connectivity index (χ3v) is 6.56. The van der Waals surface area contributed by atoms with Crippen LogP contribution in [0.15, 0.2) is 67.0 Å². The lowest BCUT2D eigenvalue weighted by molar-refractivity contribution is 0.387. The predicted molar refractivity (Wildman–Crippen MR) is 135 cm³/mol. The van der Waals surface area contributed by atoms with Gasteiger partial charge in [-0.15, -0.1) is 0 Å². The Morgan fingerprint density at radius 1 is 0.912 bits per heavy atom. The Hall–Kier alpha value is -3.77. The van der Waals surface area contributed by atoms with Crippen molar-refractivity contribution < 1.29 is 4.74 Å². The van der Waals surface area contributed by atoms with Crippen molar-refractivity contribution in [3.8, 4) is 28.3 Å². The van der Waals surface area contributed by atoms with E-state index in [0.29, 0.717) is 22.2 Å². The molecule has 6 nitrogen and oxygen atoms in total. The first-order chi connectivity index (χ1) is 16.7. The number of fused-ring (bicyclic) bond motifs is 2. The largest absolute Gasteiger partial charge is 0.480 e. The van der Waals surface area contributed by atoms with E-state index in [1.807, 2.05) is 36.4 Å². The van der Waals surface area contributed by atoms with Gasteiger partial charge in [0.1, 0.15) is 10.8 Å². The fourth-order valence-corrected chi connectivity index (χ4v) is 4.98. The molecule has 0 bridgehead atoms. The van der Waals surface area contributed by atoms with E-state index >= 15 is 0 Å². The van der Waals surface area contributed by atoms with Gasteiger partial charge in [0.05, 0.1) is 29.3 Å². The minimum absolute atomic E-state index is 0.366. The van der Waals surface area contributed by atoms with Crippen molar-refractivity contribution in [2.24, 2.45) is 0 Å². The van der Waals surface area contributed by atoms with Crippen LogP contribution in [0.5, 0.6) is 5.88 Å². The van der Waals surface area contributed by atoms with Crippen LogP contribution in [-0.2, 0) is 0 Å². The average Bonchev–Trinajstić information content (AvgIpc) is 3.27. The molecule has 0 fully saturated rings. The zero-order valence-corrected chi connectivity index (χ0v) is 19.5. The van der Waals surface area contributed by atoms with Gasteiger partial charge in [-0.25, -0.2) is 4.98 Å². The number of methoxy groups -OCH3 is 1. The van der Waals surface area contributed by atoms with E-state index in [1.165, 1.54) is 12.0 Å². The van der Waals surface area contributed by atoms with Crippen LogP contribution in [0.1, 0.15) is 31.2 Å². The van der Waals surface area contributed by atoms with Gasteiger partial charge < -0.3 is 4.74 Å². The Bertz CT molecular complexity index is 1560. The van der Waals surface area contributed by atoms with Crippen molar-refractivity contribution in [1.82, 2.24) is 24.6 Å². The normalized spacial score (nSPS) is 13.9. The summed E-state index contributed by atoms with van der Waals surface area (Å²) in [5.41, 5.74) is 8.03. The second kappa shape index (κ2) is 8.54. The molecule has 34 heavy (non-hydrogen) atoms. The number of allylic oxidation sites excluding steroid dienone is 2. The third kappa shape index (κ3) is 3.42. The summed E-state index contributed by atoms with van der Waals surface area (Å²) in [6.07, 6.45) is 10.1. The van der Waals surface area contributed by atoms with Crippen LogP contribution in [-0.4, -0.2) is 31.7 Å². The van der Waals surface area contributed by atoms with Crippen molar-refractivity contribution in [1.29, 1.82) is 0 Å². The minimum Gasteiger partial charge on any atom is -0.480 e. The molecule has 0 saturated carbocycles. The third-order valence-electron chi connectivity index (χ3n) is 6.29. The monoisotopic (exact) mass is 467 g/mol. The summed E-state index contributed by atoms with van der Waals surface area (Å²) >= 11 is 6.85. The van der Waals surface area contributed by atoms with E-state index < -0.39 is 0 Å². The zero-order chi connectivity index (χ0) is 23.1. The van der Waals surface area contributed by atoms with Crippen LogP contribution in [0, 0.1) is 0 Å². The van der Waals surface area contributed by atoms with Crippen molar-refractivity contribution in [2.75, 3.05) is 7.11 Å². The number of halogens is 1. The molecule has 0 N–H and O–H groups in total. The number of hydrogen-bond donors (Lipinski definition) is 0. The summed E-state index contributed by atoms with van der Waals surface area (Å²) in [5, 5.41) is 5.39. The Balaban J connectivity index is 1.65. The molecule has 0 aliphatic heterocycles. The molecule has 1 aliphatic rings. The number of nitrogens with zero attached hydrogens (tertiary/aromatic N) is 5. The van der Waals surface area contributed by atoms with Crippen LogP contribution in [0.4, 0.5) is 0 Å². The number of aromatic nitrogens is 5. The fourth-order valence-electron chi connectivity index (χ4n) is 4.71. The van der Waals surface area contributed by atoms with Crippen molar-refractivity contribution in [3.63, 3.8) is 0 Å². The fraction of sp³-hybridized carbons (Fsp3) is 0.185. The van der Waals surface area contributed by atoms with E-state index in [-0.39, 0.29) is 0 Å². The molecule has 168 valence electrons. The highest BCUT2D eigenvalue weighted by Crippen LogP contribution is 2.42. The first-order valence-electron chi connectivity index (χ1n) is 11.4. The minimum atomic E-state index is 0.366. The van der Waals surface area contributed by atoms with Crippen molar-refractivity contribution in [2.45, 2.75) is 25.7 Å². The second-order valence-corrected chi connectivity index (χ2v) is 8.70. The van der Waals surface area contributed by atoms with Gasteiger partial charge in [0, 0.05) is 18.0 Å². The molecular formula is C27H22ClN5O. The Labute approximate surface area is 201 Å². The van der Waals surface area contributed by atoms with Gasteiger partial charge in [-0.05, 0) is 49.0 Å². The second-order valence-electron chi connectivity index (χ2n) is 8.35. The SMILES string of the molecule is COc1c(-c2ccc3nccnc3c2)c(Cl)nc2c(C3=CCCCC3)c(-c3ccccc3)nn12.